The van der Waals surface area contributed by atoms with Crippen LogP contribution in [0.3, 0.4) is 0 Å². The van der Waals surface area contributed by atoms with Crippen molar-refractivity contribution < 1.29 is 9.66 Å². The van der Waals surface area contributed by atoms with E-state index in [1.807, 2.05) is 32.7 Å². The van der Waals surface area contributed by atoms with Gasteiger partial charge in [0.2, 0.25) is 0 Å². The molecule has 1 saturated carbocycles. The molecule has 1 aromatic rings. The summed E-state index contributed by atoms with van der Waals surface area (Å²) in [6.45, 7) is 7.88. The molecule has 2 rings (SSSR count). The maximum absolute atomic E-state index is 11.3. The molecule has 0 unspecified atom stereocenters. The van der Waals surface area contributed by atoms with E-state index in [4.69, 9.17) is 16.3 Å². The fourth-order valence-electron chi connectivity index (χ4n) is 2.73. The number of benzene rings is 1. The molecule has 0 aliphatic heterocycles. The molecule has 0 saturated heterocycles. The van der Waals surface area contributed by atoms with Crippen molar-refractivity contribution in [2.24, 2.45) is 0 Å². The zero-order valence-electron chi connectivity index (χ0n) is 13.7. The molecule has 1 aromatic carbocycles. The van der Waals surface area contributed by atoms with Crippen molar-refractivity contribution in [3.8, 4) is 0 Å². The summed E-state index contributed by atoms with van der Waals surface area (Å²) in [6.07, 6.45) is 1.96. The van der Waals surface area contributed by atoms with E-state index in [9.17, 15) is 10.1 Å². The van der Waals surface area contributed by atoms with Crippen molar-refractivity contribution in [3.63, 3.8) is 0 Å². The normalized spacial score (nSPS) is 21.4. The smallest absolute Gasteiger partial charge is 0.292 e. The lowest BCUT2D eigenvalue weighted by molar-refractivity contribution is -0.384. The molecule has 122 valence electrons. The topological polar surface area (TPSA) is 55.6 Å². The number of ether oxygens (including phenoxy) is 1. The number of anilines is 1. The van der Waals surface area contributed by atoms with Crippen molar-refractivity contribution in [1.29, 1.82) is 0 Å². The van der Waals surface area contributed by atoms with Gasteiger partial charge in [-0.1, -0.05) is 11.6 Å². The molecule has 0 amide bonds. The van der Waals surface area contributed by atoms with Crippen LogP contribution in [0.2, 0.25) is 5.02 Å². The number of nitro benzene ring substituents is 1. The minimum atomic E-state index is -0.350. The predicted octanol–water partition coefficient (Wildman–Crippen LogP) is 4.34. The molecule has 1 aliphatic rings. The standard InChI is InChI=1S/C16H23ClN2O3/c1-10-6-15(19(20)21)14(9-13(10)17)18(5)11-7-12(8-11)22-16(2,3)4/h6,9,11-12H,7-8H2,1-5H3. The number of nitro groups is 1. The Kier molecular flexibility index (Phi) is 4.68. The summed E-state index contributed by atoms with van der Waals surface area (Å²) in [5.41, 5.74) is 1.23. The highest BCUT2D eigenvalue weighted by Gasteiger charge is 2.37. The monoisotopic (exact) mass is 326 g/mol. The molecule has 22 heavy (non-hydrogen) atoms. The molecule has 0 spiro atoms. The molecule has 0 atom stereocenters. The van der Waals surface area contributed by atoms with Crippen LogP contribution in [-0.2, 0) is 4.74 Å². The number of hydrogen-bond donors (Lipinski definition) is 0. The zero-order valence-corrected chi connectivity index (χ0v) is 14.5. The summed E-state index contributed by atoms with van der Waals surface area (Å²) in [7, 11) is 1.88. The first-order valence-corrected chi connectivity index (χ1v) is 7.81. The summed E-state index contributed by atoms with van der Waals surface area (Å²) >= 11 is 6.14. The lowest BCUT2D eigenvalue weighted by Crippen LogP contribution is -2.48. The third-order valence-corrected chi connectivity index (χ3v) is 4.38. The zero-order chi connectivity index (χ0) is 16.7. The highest BCUT2D eigenvalue weighted by atomic mass is 35.5. The SMILES string of the molecule is Cc1cc([N+](=O)[O-])c(N(C)C2CC(OC(C)(C)C)C2)cc1Cl. The van der Waals surface area contributed by atoms with Crippen molar-refractivity contribution in [3.05, 3.63) is 32.8 Å². The second-order valence-corrected chi connectivity index (χ2v) is 7.34. The molecule has 0 aromatic heterocycles. The number of rotatable bonds is 4. The van der Waals surface area contributed by atoms with Crippen LogP contribution < -0.4 is 4.90 Å². The third-order valence-electron chi connectivity index (χ3n) is 3.97. The average Bonchev–Trinajstić information content (AvgIpc) is 2.34. The van der Waals surface area contributed by atoms with E-state index in [-0.39, 0.29) is 28.4 Å². The van der Waals surface area contributed by atoms with E-state index in [0.717, 1.165) is 12.8 Å². The van der Waals surface area contributed by atoms with Crippen LogP contribution in [0.15, 0.2) is 12.1 Å². The van der Waals surface area contributed by atoms with Gasteiger partial charge in [0.05, 0.1) is 16.6 Å². The molecule has 1 aliphatic carbocycles. The summed E-state index contributed by atoms with van der Waals surface area (Å²) in [5.74, 6) is 0. The molecular formula is C16H23ClN2O3. The number of nitrogens with zero attached hydrogens (tertiary/aromatic N) is 2. The number of halogens is 1. The Bertz CT molecular complexity index is 577. The first kappa shape index (κ1) is 17.0. The summed E-state index contributed by atoms with van der Waals surface area (Å²) in [6, 6.07) is 3.47. The van der Waals surface area contributed by atoms with Crippen LogP contribution in [0.25, 0.3) is 0 Å². The number of aryl methyl sites for hydroxylation is 1. The Morgan fingerprint density at radius 2 is 1.95 bits per heavy atom. The Hall–Kier alpha value is -1.33. The van der Waals surface area contributed by atoms with E-state index >= 15 is 0 Å². The fourth-order valence-corrected chi connectivity index (χ4v) is 2.89. The minimum absolute atomic E-state index is 0.101. The Labute approximate surface area is 136 Å². The first-order valence-electron chi connectivity index (χ1n) is 7.43. The molecule has 1 fully saturated rings. The Balaban J connectivity index is 2.13. The van der Waals surface area contributed by atoms with Crippen LogP contribution in [0.1, 0.15) is 39.2 Å². The summed E-state index contributed by atoms with van der Waals surface area (Å²) < 4.78 is 5.92. The molecule has 0 radical (unpaired) electrons. The van der Waals surface area contributed by atoms with Gasteiger partial charge in [0, 0.05) is 24.2 Å². The van der Waals surface area contributed by atoms with Crippen molar-refractivity contribution in [2.75, 3.05) is 11.9 Å². The van der Waals surface area contributed by atoms with Gasteiger partial charge in [-0.15, -0.1) is 0 Å². The van der Waals surface area contributed by atoms with Gasteiger partial charge in [0.1, 0.15) is 5.69 Å². The molecular weight excluding hydrogens is 304 g/mol. The van der Waals surface area contributed by atoms with Crippen molar-refractivity contribution in [1.82, 2.24) is 0 Å². The Morgan fingerprint density at radius 1 is 1.36 bits per heavy atom. The lowest BCUT2D eigenvalue weighted by atomic mass is 9.87. The fraction of sp³-hybridized carbons (Fsp3) is 0.625. The van der Waals surface area contributed by atoms with Gasteiger partial charge < -0.3 is 9.64 Å². The van der Waals surface area contributed by atoms with E-state index in [2.05, 4.69) is 0 Å². The first-order chi connectivity index (χ1) is 10.1. The van der Waals surface area contributed by atoms with E-state index in [0.29, 0.717) is 16.3 Å². The predicted molar refractivity (Wildman–Crippen MR) is 88.9 cm³/mol. The molecule has 0 N–H and O–H groups in total. The van der Waals surface area contributed by atoms with E-state index < -0.39 is 0 Å². The quantitative estimate of drug-likeness (QED) is 0.610. The van der Waals surface area contributed by atoms with Crippen LogP contribution in [0.4, 0.5) is 11.4 Å². The van der Waals surface area contributed by atoms with Gasteiger partial charge in [-0.25, -0.2) is 0 Å². The van der Waals surface area contributed by atoms with E-state index in [1.165, 1.54) is 6.07 Å². The highest BCUT2D eigenvalue weighted by Crippen LogP contribution is 2.39. The molecule has 5 nitrogen and oxygen atoms in total. The van der Waals surface area contributed by atoms with Gasteiger partial charge in [0.25, 0.3) is 5.69 Å². The lowest BCUT2D eigenvalue weighted by Gasteiger charge is -2.44. The van der Waals surface area contributed by atoms with Gasteiger partial charge in [-0.2, -0.15) is 0 Å². The second-order valence-electron chi connectivity index (χ2n) is 6.94. The largest absolute Gasteiger partial charge is 0.372 e. The van der Waals surface area contributed by atoms with Crippen molar-refractivity contribution >= 4 is 23.0 Å². The summed E-state index contributed by atoms with van der Waals surface area (Å²) in [5, 5.41) is 11.8. The Morgan fingerprint density at radius 3 is 2.45 bits per heavy atom. The summed E-state index contributed by atoms with van der Waals surface area (Å²) in [4.78, 5) is 12.9. The van der Waals surface area contributed by atoms with Gasteiger partial charge in [-0.3, -0.25) is 10.1 Å². The third kappa shape index (κ3) is 3.70. The average molecular weight is 327 g/mol. The van der Waals surface area contributed by atoms with Gasteiger partial charge >= 0.3 is 0 Å². The maximum Gasteiger partial charge on any atom is 0.292 e. The molecule has 6 heteroatoms. The van der Waals surface area contributed by atoms with Crippen LogP contribution >= 0.6 is 11.6 Å². The minimum Gasteiger partial charge on any atom is -0.372 e. The van der Waals surface area contributed by atoms with Crippen LogP contribution in [0.5, 0.6) is 0 Å². The highest BCUT2D eigenvalue weighted by molar-refractivity contribution is 6.31. The van der Waals surface area contributed by atoms with Crippen molar-refractivity contribution in [2.45, 2.75) is 58.3 Å². The second kappa shape index (κ2) is 6.05. The van der Waals surface area contributed by atoms with Crippen LogP contribution in [0, 0.1) is 17.0 Å². The van der Waals surface area contributed by atoms with Gasteiger partial charge in [0.15, 0.2) is 0 Å². The van der Waals surface area contributed by atoms with Crippen LogP contribution in [-0.4, -0.2) is 29.7 Å². The maximum atomic E-state index is 11.3. The molecule has 0 bridgehead atoms. The van der Waals surface area contributed by atoms with Gasteiger partial charge in [-0.05, 0) is 52.2 Å². The van der Waals surface area contributed by atoms with E-state index in [1.54, 1.807) is 13.0 Å². The number of hydrogen-bond acceptors (Lipinski definition) is 4. The molecule has 0 heterocycles.